The summed E-state index contributed by atoms with van der Waals surface area (Å²) >= 11 is 0. The van der Waals surface area contributed by atoms with Gasteiger partial charge in [-0.3, -0.25) is 0 Å². The maximum atomic E-state index is 4.50. The van der Waals surface area contributed by atoms with Crippen LogP contribution in [0.25, 0.3) is 0 Å². The van der Waals surface area contributed by atoms with E-state index in [1.54, 1.807) is 5.57 Å². The summed E-state index contributed by atoms with van der Waals surface area (Å²) < 4.78 is 0. The van der Waals surface area contributed by atoms with E-state index in [1.807, 2.05) is 27.7 Å². The minimum atomic E-state index is 1.20. The molecule has 0 unspecified atom stereocenters. The molecule has 16 heavy (non-hydrogen) atoms. The van der Waals surface area contributed by atoms with Gasteiger partial charge in [-0.05, 0) is 18.4 Å². The van der Waals surface area contributed by atoms with Crippen LogP contribution in [0, 0.1) is 0 Å². The van der Waals surface area contributed by atoms with Crippen LogP contribution in [-0.4, -0.2) is 15.7 Å². The highest BCUT2D eigenvalue weighted by Crippen LogP contribution is 2.27. The number of hydrogen-bond acceptors (Lipinski definition) is 0. The summed E-state index contributed by atoms with van der Waals surface area (Å²) in [7, 11) is 9.00. The summed E-state index contributed by atoms with van der Waals surface area (Å²) in [6, 6.07) is 0. The monoisotopic (exact) mass is 216 g/mol. The molecule has 0 saturated carbocycles. The Bertz CT molecular complexity index is 181. The molecule has 0 aliphatic heterocycles. The summed E-state index contributed by atoms with van der Waals surface area (Å²) in [4.78, 5) is 0. The Morgan fingerprint density at radius 1 is 0.750 bits per heavy atom. The van der Waals surface area contributed by atoms with Gasteiger partial charge in [0.15, 0.2) is 0 Å². The molecule has 0 amide bonds. The van der Waals surface area contributed by atoms with Crippen LogP contribution in [0.3, 0.4) is 0 Å². The molecule has 0 aromatic rings. The van der Waals surface area contributed by atoms with Crippen molar-refractivity contribution in [3.8, 4) is 0 Å². The third kappa shape index (κ3) is 8.64. The third-order valence-electron chi connectivity index (χ3n) is 1.73. The van der Waals surface area contributed by atoms with E-state index in [4.69, 9.17) is 0 Å². The second-order valence-electron chi connectivity index (χ2n) is 2.27. The molecule has 2 aliphatic carbocycles. The van der Waals surface area contributed by atoms with E-state index in [2.05, 4.69) is 40.0 Å². The summed E-state index contributed by atoms with van der Waals surface area (Å²) in [6.45, 7) is 11.0. The van der Waals surface area contributed by atoms with E-state index in [9.17, 15) is 0 Å². The molecule has 2 rings (SSSR count). The normalized spacial score (nSPS) is 12.9. The van der Waals surface area contributed by atoms with Crippen LogP contribution in [-0.2, 0) is 0 Å². The van der Waals surface area contributed by atoms with Gasteiger partial charge < -0.3 is 0 Å². The van der Waals surface area contributed by atoms with Crippen molar-refractivity contribution in [1.29, 1.82) is 0 Å². The average molecular weight is 216 g/mol. The largest absolute Gasteiger partial charge is 0.0999 e. The summed E-state index contributed by atoms with van der Waals surface area (Å²) in [5, 5.41) is 0. The Kier molecular flexibility index (Phi) is 25.7. The summed E-state index contributed by atoms with van der Waals surface area (Å²) in [5.41, 5.74) is 3.06. The maximum absolute atomic E-state index is 4.50. The molecule has 0 bridgehead atoms. The first-order valence-electron chi connectivity index (χ1n) is 6.17. The highest BCUT2D eigenvalue weighted by Gasteiger charge is 2.08. The highest BCUT2D eigenvalue weighted by molar-refractivity contribution is 6.05. The van der Waals surface area contributed by atoms with Crippen molar-refractivity contribution >= 4 is 15.7 Å². The van der Waals surface area contributed by atoms with E-state index in [0.29, 0.717) is 0 Å². The standard InChI is InChI=1S/C8H8.2C2H6.2CH3B/c1-3-7-5-2-6-8(7)4-1;4*1-2/h1-3,5H,4,6H2;2*1-2H3;2*1H3. The molecule has 88 valence electrons. The van der Waals surface area contributed by atoms with Crippen molar-refractivity contribution in [1.82, 2.24) is 0 Å². The van der Waals surface area contributed by atoms with Crippen LogP contribution < -0.4 is 0 Å². The zero-order chi connectivity index (χ0) is 13.4. The smallest absolute Gasteiger partial charge is 0.0606 e. The van der Waals surface area contributed by atoms with Crippen LogP contribution in [0.4, 0.5) is 0 Å². The molecular formula is C14H26B2. The fourth-order valence-electron chi connectivity index (χ4n) is 1.27. The zero-order valence-electron chi connectivity index (χ0n) is 11.9. The zero-order valence-corrected chi connectivity index (χ0v) is 11.9. The predicted octanol–water partition coefficient (Wildman–Crippen LogP) is 4.66. The van der Waals surface area contributed by atoms with Crippen molar-refractivity contribution in [2.45, 2.75) is 54.2 Å². The van der Waals surface area contributed by atoms with Crippen molar-refractivity contribution in [2.75, 3.05) is 0 Å². The van der Waals surface area contributed by atoms with Gasteiger partial charge in [-0.25, -0.2) is 0 Å². The maximum Gasteiger partial charge on any atom is 0.0606 e. The van der Waals surface area contributed by atoms with Gasteiger partial charge in [-0.2, -0.15) is 0 Å². The fraction of sp³-hybridized carbons (Fsp3) is 0.571. The SMILES string of the molecule is C1=CC2=C(C1)CC=C2.CC.CC.[B]C.[B]C. The van der Waals surface area contributed by atoms with Gasteiger partial charge in [-0.1, -0.05) is 71.2 Å². The second-order valence-corrected chi connectivity index (χ2v) is 2.27. The van der Waals surface area contributed by atoms with Crippen molar-refractivity contribution in [3.05, 3.63) is 35.5 Å². The molecule has 4 radical (unpaired) electrons. The van der Waals surface area contributed by atoms with E-state index < -0.39 is 0 Å². The first kappa shape index (κ1) is 20.7. The van der Waals surface area contributed by atoms with Crippen molar-refractivity contribution < 1.29 is 0 Å². The molecule has 0 saturated heterocycles. The molecule has 0 fully saturated rings. The Morgan fingerprint density at radius 2 is 1.06 bits per heavy atom. The van der Waals surface area contributed by atoms with E-state index in [0.717, 1.165) is 0 Å². The number of rotatable bonds is 0. The number of allylic oxidation sites excluding steroid dienone is 6. The van der Waals surface area contributed by atoms with Crippen molar-refractivity contribution in [2.24, 2.45) is 0 Å². The lowest BCUT2D eigenvalue weighted by atomic mass is 10.2. The molecule has 0 spiro atoms. The van der Waals surface area contributed by atoms with Gasteiger partial charge in [0, 0.05) is 0 Å². The quantitative estimate of drug-likeness (QED) is 0.516. The Balaban J connectivity index is -0.000000183. The molecule has 2 aliphatic rings. The molecule has 2 heteroatoms. The predicted molar refractivity (Wildman–Crippen MR) is 80.5 cm³/mol. The molecular weight excluding hydrogens is 190 g/mol. The van der Waals surface area contributed by atoms with Crippen LogP contribution in [0.5, 0.6) is 0 Å². The van der Waals surface area contributed by atoms with Gasteiger partial charge in [0.2, 0.25) is 0 Å². The van der Waals surface area contributed by atoms with E-state index >= 15 is 0 Å². The van der Waals surface area contributed by atoms with Crippen LogP contribution in [0.15, 0.2) is 35.5 Å². The van der Waals surface area contributed by atoms with Gasteiger partial charge in [0.1, 0.15) is 0 Å². The lowest BCUT2D eigenvalue weighted by Gasteiger charge is -1.88. The lowest BCUT2D eigenvalue weighted by molar-refractivity contribution is 1.15. The minimum absolute atomic E-state index is 1.20. The topological polar surface area (TPSA) is 0 Å². The fourth-order valence-corrected chi connectivity index (χ4v) is 1.27. The molecule has 0 heterocycles. The highest BCUT2D eigenvalue weighted by atomic mass is 14.1. The van der Waals surface area contributed by atoms with Crippen LogP contribution in [0.2, 0.25) is 13.6 Å². The number of hydrogen-bond donors (Lipinski definition) is 0. The Labute approximate surface area is 106 Å². The lowest BCUT2D eigenvalue weighted by Crippen LogP contribution is -1.69. The van der Waals surface area contributed by atoms with Gasteiger partial charge in [0.25, 0.3) is 0 Å². The second kappa shape index (κ2) is 19.9. The first-order valence-corrected chi connectivity index (χ1v) is 6.17. The van der Waals surface area contributed by atoms with E-state index in [1.165, 1.54) is 32.1 Å². The summed E-state index contributed by atoms with van der Waals surface area (Å²) in [6.07, 6.45) is 11.3. The molecule has 0 N–H and O–H groups in total. The minimum Gasteiger partial charge on any atom is -0.0999 e. The van der Waals surface area contributed by atoms with Gasteiger partial charge >= 0.3 is 0 Å². The van der Waals surface area contributed by atoms with Crippen LogP contribution >= 0.6 is 0 Å². The molecule has 0 aromatic carbocycles. The molecule has 0 nitrogen and oxygen atoms in total. The Morgan fingerprint density at radius 3 is 1.31 bits per heavy atom. The average Bonchev–Trinajstić information content (AvgIpc) is 3.02. The van der Waals surface area contributed by atoms with Gasteiger partial charge in [0.05, 0.1) is 15.7 Å². The third-order valence-corrected chi connectivity index (χ3v) is 1.73. The summed E-state index contributed by atoms with van der Waals surface area (Å²) in [5.74, 6) is 0. The van der Waals surface area contributed by atoms with E-state index in [-0.39, 0.29) is 0 Å². The Hall–Kier alpha value is -0.650. The first-order chi connectivity index (χ1) is 7.97. The van der Waals surface area contributed by atoms with Crippen molar-refractivity contribution in [3.63, 3.8) is 0 Å². The van der Waals surface area contributed by atoms with Crippen LogP contribution in [0.1, 0.15) is 40.5 Å². The van der Waals surface area contributed by atoms with Gasteiger partial charge in [-0.15, -0.1) is 0 Å². The molecule has 0 aromatic heterocycles. The molecule has 0 atom stereocenters.